The van der Waals surface area contributed by atoms with Gasteiger partial charge in [-0.1, -0.05) is 111 Å². The van der Waals surface area contributed by atoms with Gasteiger partial charge in [0.15, 0.2) is 0 Å². The van der Waals surface area contributed by atoms with Gasteiger partial charge in [-0.05, 0) is 88.5 Å². The molecule has 0 saturated heterocycles. The molecule has 0 radical (unpaired) electrons. The molecule has 1 aliphatic rings. The Hall–Kier alpha value is -5.93. The zero-order valence-electron chi connectivity index (χ0n) is 26.4. The Labute approximate surface area is 275 Å². The molecule has 0 aliphatic heterocycles. The first-order valence-electron chi connectivity index (χ1n) is 16.2. The third-order valence-electron chi connectivity index (χ3n) is 9.84. The van der Waals surface area contributed by atoms with Gasteiger partial charge in [-0.15, -0.1) is 0 Å². The number of benzene rings is 6. The first-order valence-corrected chi connectivity index (χ1v) is 16.2. The topological polar surface area (TPSA) is 21.1 Å². The highest BCUT2D eigenvalue weighted by Crippen LogP contribution is 2.49. The van der Waals surface area contributed by atoms with Gasteiger partial charge < -0.3 is 4.57 Å². The van der Waals surface area contributed by atoms with Crippen molar-refractivity contribution in [1.82, 2.24) is 9.55 Å². The molecule has 0 spiro atoms. The number of nitrogens with zero attached hydrogens (tertiary/aromatic N) is 3. The molecule has 0 amide bonds. The van der Waals surface area contributed by atoms with Crippen molar-refractivity contribution in [2.75, 3.05) is 4.90 Å². The molecule has 0 unspecified atom stereocenters. The van der Waals surface area contributed by atoms with E-state index in [-0.39, 0.29) is 5.41 Å². The van der Waals surface area contributed by atoms with Crippen molar-refractivity contribution in [3.8, 4) is 27.9 Å². The Balaban J connectivity index is 1.16. The Morgan fingerprint density at radius 1 is 0.511 bits per heavy atom. The molecule has 1 aliphatic carbocycles. The minimum atomic E-state index is -0.00390. The van der Waals surface area contributed by atoms with Crippen LogP contribution in [0.4, 0.5) is 17.2 Å². The Morgan fingerprint density at radius 3 is 2.00 bits per heavy atom. The first-order chi connectivity index (χ1) is 23.1. The van der Waals surface area contributed by atoms with E-state index in [0.717, 1.165) is 34.0 Å². The second-order valence-corrected chi connectivity index (χ2v) is 12.9. The Bertz CT molecular complexity index is 2420. The SMILES string of the molecule is CC1(C)c2ccccc2-c2cc(-c3ccc(N(c4ccccc4)c4ccc5c6ccccc6n(-c6ccccc6)c5c4)nc3)ccc21. The summed E-state index contributed by atoms with van der Waals surface area (Å²) in [6.45, 7) is 4.64. The number of anilines is 3. The summed E-state index contributed by atoms with van der Waals surface area (Å²) in [5.74, 6) is 0.870. The Kier molecular flexibility index (Phi) is 6.16. The van der Waals surface area contributed by atoms with Gasteiger partial charge in [-0.25, -0.2) is 4.98 Å². The normalized spacial score (nSPS) is 13.1. The van der Waals surface area contributed by atoms with Crippen LogP contribution in [0.5, 0.6) is 0 Å². The van der Waals surface area contributed by atoms with E-state index in [1.807, 2.05) is 6.20 Å². The summed E-state index contributed by atoms with van der Waals surface area (Å²) >= 11 is 0. The van der Waals surface area contributed by atoms with E-state index >= 15 is 0 Å². The second kappa shape index (κ2) is 10.6. The highest BCUT2D eigenvalue weighted by atomic mass is 15.2. The highest BCUT2D eigenvalue weighted by molar-refractivity contribution is 6.10. The molecule has 0 bridgehead atoms. The van der Waals surface area contributed by atoms with Gasteiger partial charge in [0.05, 0.1) is 11.0 Å². The van der Waals surface area contributed by atoms with Crippen LogP contribution in [0.2, 0.25) is 0 Å². The van der Waals surface area contributed by atoms with Gasteiger partial charge in [0, 0.05) is 45.0 Å². The second-order valence-electron chi connectivity index (χ2n) is 12.9. The molecule has 3 heteroatoms. The van der Waals surface area contributed by atoms with Crippen molar-refractivity contribution in [1.29, 1.82) is 0 Å². The maximum Gasteiger partial charge on any atom is 0.137 e. The van der Waals surface area contributed by atoms with Gasteiger partial charge in [-0.2, -0.15) is 0 Å². The quantitative estimate of drug-likeness (QED) is 0.195. The number of pyridine rings is 1. The van der Waals surface area contributed by atoms with E-state index in [2.05, 4.69) is 181 Å². The van der Waals surface area contributed by atoms with Crippen molar-refractivity contribution in [3.05, 3.63) is 175 Å². The van der Waals surface area contributed by atoms with E-state index in [4.69, 9.17) is 4.98 Å². The molecule has 6 aromatic carbocycles. The van der Waals surface area contributed by atoms with Gasteiger partial charge in [0.25, 0.3) is 0 Å². The predicted molar refractivity (Wildman–Crippen MR) is 196 cm³/mol. The maximum atomic E-state index is 5.10. The van der Waals surface area contributed by atoms with Crippen LogP contribution in [-0.2, 0) is 5.41 Å². The molecular formula is C44H33N3. The summed E-state index contributed by atoms with van der Waals surface area (Å²) in [5.41, 5.74) is 13.3. The van der Waals surface area contributed by atoms with E-state index < -0.39 is 0 Å². The fraction of sp³-hybridized carbons (Fsp3) is 0.0682. The van der Waals surface area contributed by atoms with E-state index in [9.17, 15) is 0 Å². The van der Waals surface area contributed by atoms with Gasteiger partial charge in [-0.3, -0.25) is 4.90 Å². The molecule has 2 heterocycles. The van der Waals surface area contributed by atoms with Crippen LogP contribution in [0.15, 0.2) is 164 Å². The average Bonchev–Trinajstić information content (AvgIpc) is 3.57. The largest absolute Gasteiger partial charge is 0.309 e. The standard InChI is InChI=1S/C44H33N3/c1-44(2)39-19-11-9-17-35(39)38-27-30(21-25-40(38)44)31-22-26-43(45-29-31)46(32-13-5-3-6-14-32)34-23-24-37-36-18-10-12-20-41(36)47(42(37)28-34)33-15-7-4-8-16-33/h3-29H,1-2H3. The van der Waals surface area contributed by atoms with Crippen molar-refractivity contribution in [2.24, 2.45) is 0 Å². The third kappa shape index (κ3) is 4.31. The van der Waals surface area contributed by atoms with Crippen LogP contribution in [0, 0.1) is 0 Å². The predicted octanol–water partition coefficient (Wildman–Crippen LogP) is 11.6. The molecule has 224 valence electrons. The lowest BCUT2D eigenvalue weighted by Crippen LogP contribution is -2.14. The number of fused-ring (bicyclic) bond motifs is 6. The minimum absolute atomic E-state index is 0.00390. The number of hydrogen-bond acceptors (Lipinski definition) is 2. The molecule has 0 saturated carbocycles. The van der Waals surface area contributed by atoms with Crippen molar-refractivity contribution in [2.45, 2.75) is 19.3 Å². The van der Waals surface area contributed by atoms with Crippen LogP contribution in [0.3, 0.4) is 0 Å². The lowest BCUT2D eigenvalue weighted by Gasteiger charge is -2.25. The smallest absolute Gasteiger partial charge is 0.137 e. The minimum Gasteiger partial charge on any atom is -0.309 e. The van der Waals surface area contributed by atoms with E-state index in [1.54, 1.807) is 0 Å². The van der Waals surface area contributed by atoms with Crippen LogP contribution in [0.1, 0.15) is 25.0 Å². The highest BCUT2D eigenvalue weighted by Gasteiger charge is 2.35. The molecule has 0 atom stereocenters. The number of aromatic nitrogens is 2. The fourth-order valence-corrected chi connectivity index (χ4v) is 7.53. The van der Waals surface area contributed by atoms with Crippen LogP contribution in [-0.4, -0.2) is 9.55 Å². The fourth-order valence-electron chi connectivity index (χ4n) is 7.53. The van der Waals surface area contributed by atoms with Crippen LogP contribution >= 0.6 is 0 Å². The number of rotatable bonds is 5. The lowest BCUT2D eigenvalue weighted by atomic mass is 9.82. The zero-order chi connectivity index (χ0) is 31.5. The number of hydrogen-bond donors (Lipinski definition) is 0. The lowest BCUT2D eigenvalue weighted by molar-refractivity contribution is 0.660. The van der Waals surface area contributed by atoms with Crippen molar-refractivity contribution < 1.29 is 0 Å². The summed E-state index contributed by atoms with van der Waals surface area (Å²) in [5, 5.41) is 2.47. The Morgan fingerprint density at radius 2 is 1.19 bits per heavy atom. The van der Waals surface area contributed by atoms with Gasteiger partial charge in [0.2, 0.25) is 0 Å². The summed E-state index contributed by atoms with van der Waals surface area (Å²) in [4.78, 5) is 7.34. The summed E-state index contributed by atoms with van der Waals surface area (Å²) in [6.07, 6.45) is 2.01. The molecule has 0 fully saturated rings. The van der Waals surface area contributed by atoms with Gasteiger partial charge >= 0.3 is 0 Å². The average molecular weight is 604 g/mol. The maximum absolute atomic E-state index is 5.10. The van der Waals surface area contributed by atoms with Crippen molar-refractivity contribution >= 4 is 39.0 Å². The molecular weight excluding hydrogens is 571 g/mol. The summed E-state index contributed by atoms with van der Waals surface area (Å²) in [7, 11) is 0. The molecule has 47 heavy (non-hydrogen) atoms. The monoisotopic (exact) mass is 603 g/mol. The van der Waals surface area contributed by atoms with E-state index in [1.165, 1.54) is 44.1 Å². The molecule has 2 aromatic heterocycles. The van der Waals surface area contributed by atoms with Crippen LogP contribution in [0.25, 0.3) is 49.7 Å². The van der Waals surface area contributed by atoms with Gasteiger partial charge in [0.1, 0.15) is 5.82 Å². The van der Waals surface area contributed by atoms with Crippen LogP contribution < -0.4 is 4.90 Å². The molecule has 8 aromatic rings. The summed E-state index contributed by atoms with van der Waals surface area (Å²) < 4.78 is 2.36. The third-order valence-corrected chi connectivity index (χ3v) is 9.84. The molecule has 0 N–H and O–H groups in total. The number of para-hydroxylation sites is 3. The molecule has 3 nitrogen and oxygen atoms in total. The first kappa shape index (κ1) is 27.4. The molecule has 9 rings (SSSR count). The zero-order valence-corrected chi connectivity index (χ0v) is 26.4. The van der Waals surface area contributed by atoms with Crippen molar-refractivity contribution in [3.63, 3.8) is 0 Å². The summed E-state index contributed by atoms with van der Waals surface area (Å²) in [6, 6.07) is 56.6. The van der Waals surface area contributed by atoms with E-state index in [0.29, 0.717) is 0 Å².